The first kappa shape index (κ1) is 11.7. The lowest BCUT2D eigenvalue weighted by Gasteiger charge is -2.07. The highest BCUT2D eigenvalue weighted by molar-refractivity contribution is 6.31. The lowest BCUT2D eigenvalue weighted by molar-refractivity contribution is 0.758. The minimum absolute atomic E-state index is 0.490. The fourth-order valence-corrected chi connectivity index (χ4v) is 2.32. The zero-order valence-electron chi connectivity index (χ0n) is 9.37. The van der Waals surface area contributed by atoms with Gasteiger partial charge in [-0.2, -0.15) is 0 Å². The van der Waals surface area contributed by atoms with Gasteiger partial charge in [0.05, 0.1) is 5.69 Å². The Bertz CT molecular complexity index is 601. The Kier molecular flexibility index (Phi) is 3.07. The van der Waals surface area contributed by atoms with Gasteiger partial charge in [0.1, 0.15) is 5.15 Å². The Labute approximate surface area is 114 Å². The zero-order chi connectivity index (χ0) is 12.5. The summed E-state index contributed by atoms with van der Waals surface area (Å²) < 4.78 is 0. The second kappa shape index (κ2) is 4.72. The van der Waals surface area contributed by atoms with Crippen molar-refractivity contribution >= 4 is 34.8 Å². The van der Waals surface area contributed by atoms with Crippen LogP contribution in [-0.2, 0) is 13.1 Å². The topological polar surface area (TPSA) is 49.8 Å². The summed E-state index contributed by atoms with van der Waals surface area (Å²) in [5, 5.41) is 7.45. The van der Waals surface area contributed by atoms with Gasteiger partial charge in [-0.15, -0.1) is 0 Å². The number of rotatable bonds is 2. The maximum absolute atomic E-state index is 6.12. The van der Waals surface area contributed by atoms with Crippen LogP contribution in [0.5, 0.6) is 0 Å². The average molecular weight is 281 g/mol. The SMILES string of the molecule is Clc1cccc(Nc2nc(Cl)c3c(n2)CNC3)c1. The van der Waals surface area contributed by atoms with E-state index in [2.05, 4.69) is 20.6 Å². The molecule has 1 aromatic heterocycles. The molecule has 0 bridgehead atoms. The molecule has 0 radical (unpaired) electrons. The van der Waals surface area contributed by atoms with Gasteiger partial charge in [0.2, 0.25) is 5.95 Å². The van der Waals surface area contributed by atoms with Crippen LogP contribution in [0.3, 0.4) is 0 Å². The zero-order valence-corrected chi connectivity index (χ0v) is 10.9. The number of hydrogen-bond acceptors (Lipinski definition) is 4. The molecule has 18 heavy (non-hydrogen) atoms. The molecule has 92 valence electrons. The molecule has 1 aliphatic rings. The molecule has 0 saturated heterocycles. The van der Waals surface area contributed by atoms with E-state index in [0.717, 1.165) is 30.0 Å². The van der Waals surface area contributed by atoms with Crippen LogP contribution in [-0.4, -0.2) is 9.97 Å². The lowest BCUT2D eigenvalue weighted by atomic mass is 10.3. The van der Waals surface area contributed by atoms with Crippen molar-refractivity contribution in [2.45, 2.75) is 13.1 Å². The molecule has 0 atom stereocenters. The maximum atomic E-state index is 6.12. The first-order valence-corrected chi connectivity index (χ1v) is 6.26. The van der Waals surface area contributed by atoms with Crippen LogP contribution in [0.15, 0.2) is 24.3 Å². The summed E-state index contributed by atoms with van der Waals surface area (Å²) in [7, 11) is 0. The van der Waals surface area contributed by atoms with Crippen LogP contribution in [0.4, 0.5) is 11.6 Å². The van der Waals surface area contributed by atoms with E-state index in [1.54, 1.807) is 0 Å². The standard InChI is InChI=1S/C12H10Cl2N4/c13-7-2-1-3-8(4-7)16-12-17-10-6-15-5-9(10)11(14)18-12/h1-4,15H,5-6H2,(H,16,17,18). The van der Waals surface area contributed by atoms with Crippen molar-refractivity contribution in [2.24, 2.45) is 0 Å². The largest absolute Gasteiger partial charge is 0.324 e. The fourth-order valence-electron chi connectivity index (χ4n) is 1.88. The molecule has 1 aliphatic heterocycles. The van der Waals surface area contributed by atoms with E-state index < -0.39 is 0 Å². The normalized spacial score (nSPS) is 13.4. The number of nitrogens with zero attached hydrogens (tertiary/aromatic N) is 2. The number of anilines is 2. The smallest absolute Gasteiger partial charge is 0.228 e. The van der Waals surface area contributed by atoms with Crippen LogP contribution in [0, 0.1) is 0 Å². The summed E-state index contributed by atoms with van der Waals surface area (Å²) in [5.41, 5.74) is 2.76. The minimum atomic E-state index is 0.490. The highest BCUT2D eigenvalue weighted by Crippen LogP contribution is 2.24. The molecule has 2 heterocycles. The van der Waals surface area contributed by atoms with E-state index in [0.29, 0.717) is 16.1 Å². The molecular formula is C12H10Cl2N4. The molecule has 0 unspecified atom stereocenters. The Hall–Kier alpha value is -1.36. The number of hydrogen-bond donors (Lipinski definition) is 2. The highest BCUT2D eigenvalue weighted by Gasteiger charge is 2.17. The van der Waals surface area contributed by atoms with Crippen LogP contribution in [0.25, 0.3) is 0 Å². The van der Waals surface area contributed by atoms with Crippen LogP contribution >= 0.6 is 23.2 Å². The summed E-state index contributed by atoms with van der Waals surface area (Å²) in [6, 6.07) is 7.38. The van der Waals surface area contributed by atoms with Gasteiger partial charge in [-0.05, 0) is 18.2 Å². The van der Waals surface area contributed by atoms with Crippen LogP contribution in [0.1, 0.15) is 11.3 Å². The molecule has 0 amide bonds. The minimum Gasteiger partial charge on any atom is -0.324 e. The third kappa shape index (κ3) is 2.27. The van der Waals surface area contributed by atoms with Gasteiger partial charge in [0.15, 0.2) is 0 Å². The molecule has 6 heteroatoms. The highest BCUT2D eigenvalue weighted by atomic mass is 35.5. The van der Waals surface area contributed by atoms with Crippen LogP contribution in [0.2, 0.25) is 10.2 Å². The van der Waals surface area contributed by atoms with E-state index in [4.69, 9.17) is 23.2 Å². The second-order valence-corrected chi connectivity index (χ2v) is 4.80. The van der Waals surface area contributed by atoms with Crippen molar-refractivity contribution in [3.63, 3.8) is 0 Å². The van der Waals surface area contributed by atoms with E-state index in [1.807, 2.05) is 24.3 Å². The first-order chi connectivity index (χ1) is 8.72. The number of fused-ring (bicyclic) bond motifs is 1. The molecule has 1 aromatic carbocycles. The Balaban J connectivity index is 1.92. The summed E-state index contributed by atoms with van der Waals surface area (Å²) in [5.74, 6) is 0.490. The molecule has 0 spiro atoms. The molecule has 2 N–H and O–H groups in total. The maximum Gasteiger partial charge on any atom is 0.228 e. The van der Waals surface area contributed by atoms with Crippen molar-refractivity contribution in [3.05, 3.63) is 45.7 Å². The monoisotopic (exact) mass is 280 g/mol. The molecule has 0 aliphatic carbocycles. The molecular weight excluding hydrogens is 271 g/mol. The Morgan fingerprint density at radius 2 is 2.06 bits per heavy atom. The molecule has 2 aromatic rings. The van der Waals surface area contributed by atoms with Gasteiger partial charge in [-0.3, -0.25) is 0 Å². The van der Waals surface area contributed by atoms with E-state index >= 15 is 0 Å². The molecule has 0 saturated carbocycles. The fraction of sp³-hybridized carbons (Fsp3) is 0.167. The molecule has 3 rings (SSSR count). The first-order valence-electron chi connectivity index (χ1n) is 5.51. The number of aromatic nitrogens is 2. The molecule has 0 fully saturated rings. The van der Waals surface area contributed by atoms with Gasteiger partial charge in [0, 0.05) is 29.4 Å². The number of nitrogens with one attached hydrogen (secondary N) is 2. The average Bonchev–Trinajstić information content (AvgIpc) is 2.77. The Morgan fingerprint density at radius 1 is 1.17 bits per heavy atom. The van der Waals surface area contributed by atoms with Crippen molar-refractivity contribution in [1.82, 2.24) is 15.3 Å². The van der Waals surface area contributed by atoms with E-state index in [1.165, 1.54) is 0 Å². The predicted molar refractivity (Wildman–Crippen MR) is 72.3 cm³/mol. The predicted octanol–water partition coefficient (Wildman–Crippen LogP) is 3.13. The summed E-state index contributed by atoms with van der Waals surface area (Å²) >= 11 is 12.0. The van der Waals surface area contributed by atoms with E-state index in [-0.39, 0.29) is 0 Å². The third-order valence-corrected chi connectivity index (χ3v) is 3.27. The van der Waals surface area contributed by atoms with Crippen LogP contribution < -0.4 is 10.6 Å². The quantitative estimate of drug-likeness (QED) is 0.830. The molecule has 4 nitrogen and oxygen atoms in total. The van der Waals surface area contributed by atoms with Gasteiger partial charge in [0.25, 0.3) is 0 Å². The number of halogens is 2. The van der Waals surface area contributed by atoms with Gasteiger partial charge >= 0.3 is 0 Å². The number of benzene rings is 1. The third-order valence-electron chi connectivity index (χ3n) is 2.72. The van der Waals surface area contributed by atoms with Gasteiger partial charge in [-0.1, -0.05) is 29.3 Å². The summed E-state index contributed by atoms with van der Waals surface area (Å²) in [6.45, 7) is 1.45. The van der Waals surface area contributed by atoms with Crippen molar-refractivity contribution in [1.29, 1.82) is 0 Å². The van der Waals surface area contributed by atoms with Crippen molar-refractivity contribution in [3.8, 4) is 0 Å². The van der Waals surface area contributed by atoms with Crippen molar-refractivity contribution in [2.75, 3.05) is 5.32 Å². The van der Waals surface area contributed by atoms with Crippen molar-refractivity contribution < 1.29 is 0 Å². The van der Waals surface area contributed by atoms with Gasteiger partial charge in [-0.25, -0.2) is 9.97 Å². The van der Waals surface area contributed by atoms with Gasteiger partial charge < -0.3 is 10.6 Å². The second-order valence-electron chi connectivity index (χ2n) is 4.00. The lowest BCUT2D eigenvalue weighted by Crippen LogP contribution is -2.02. The van der Waals surface area contributed by atoms with E-state index in [9.17, 15) is 0 Å². The summed E-state index contributed by atoms with van der Waals surface area (Å²) in [4.78, 5) is 8.66. The summed E-state index contributed by atoms with van der Waals surface area (Å²) in [6.07, 6.45) is 0. The Morgan fingerprint density at radius 3 is 2.89 bits per heavy atom.